The maximum Gasteiger partial charge on any atom is 0.417 e. The smallest absolute Gasteiger partial charge is 0.417 e. The van der Waals surface area contributed by atoms with Crippen molar-refractivity contribution in [1.29, 1.82) is 0 Å². The van der Waals surface area contributed by atoms with Gasteiger partial charge in [-0.1, -0.05) is 18.2 Å². The minimum absolute atomic E-state index is 0.0368. The van der Waals surface area contributed by atoms with E-state index < -0.39 is 28.1 Å². The lowest BCUT2D eigenvalue weighted by Crippen LogP contribution is -2.42. The Balaban J connectivity index is 1.48. The highest BCUT2D eigenvalue weighted by atomic mass is 32.2. The maximum atomic E-state index is 12.4. The molecule has 136 valence electrons. The van der Waals surface area contributed by atoms with Crippen LogP contribution in [-0.4, -0.2) is 67.7 Å². The second kappa shape index (κ2) is 7.40. The summed E-state index contributed by atoms with van der Waals surface area (Å²) in [4.78, 5) is 24.3. The van der Waals surface area contributed by atoms with Crippen LogP contribution in [0.2, 0.25) is 0 Å². The van der Waals surface area contributed by atoms with Gasteiger partial charge < -0.3 is 9.47 Å². The van der Waals surface area contributed by atoms with Crippen molar-refractivity contribution in [3.05, 3.63) is 30.3 Å². The molecule has 9 heteroatoms. The summed E-state index contributed by atoms with van der Waals surface area (Å²) in [6.45, 7) is 0.461. The van der Waals surface area contributed by atoms with Crippen LogP contribution in [-0.2, 0) is 19.6 Å². The number of para-hydroxylation sites is 1. The fraction of sp³-hybridized carbons (Fsp3) is 0.500. The monoisotopic (exact) mass is 368 g/mol. The number of nitrogens with zero attached hydrogens (tertiary/aromatic N) is 2. The van der Waals surface area contributed by atoms with Gasteiger partial charge in [0.05, 0.1) is 18.4 Å². The molecule has 0 unspecified atom stereocenters. The van der Waals surface area contributed by atoms with Gasteiger partial charge in [0.25, 0.3) is 5.91 Å². The van der Waals surface area contributed by atoms with Crippen LogP contribution < -0.4 is 4.74 Å². The van der Waals surface area contributed by atoms with Crippen molar-refractivity contribution in [2.24, 2.45) is 0 Å². The molecular formula is C16H20N2O6S. The van der Waals surface area contributed by atoms with Gasteiger partial charge in [0, 0.05) is 13.1 Å². The lowest BCUT2D eigenvalue weighted by Gasteiger charge is -2.20. The first kappa shape index (κ1) is 17.7. The van der Waals surface area contributed by atoms with Crippen molar-refractivity contribution in [3.8, 4) is 5.75 Å². The molecule has 0 spiro atoms. The Bertz CT molecular complexity index is 720. The number of ether oxygens (including phenoxy) is 2. The standard InChI is InChI=1S/C16H20N2O6S/c19-15-12-24-16(20)18(15)13-7-8-17(11-13)25(21,22)10-4-9-23-14-5-2-1-3-6-14/h1-3,5-6,13H,4,7-12H2/t13-/m1/s1. The molecule has 2 saturated heterocycles. The fourth-order valence-corrected chi connectivity index (χ4v) is 4.49. The SMILES string of the molecule is O=C1COC(=O)N1[C@@H]1CCN(S(=O)(=O)CCCOc2ccccc2)C1. The summed E-state index contributed by atoms with van der Waals surface area (Å²) in [5.41, 5.74) is 0. The van der Waals surface area contributed by atoms with Crippen molar-refractivity contribution in [1.82, 2.24) is 9.21 Å². The number of hydrogen-bond donors (Lipinski definition) is 0. The molecule has 2 fully saturated rings. The number of imide groups is 1. The Morgan fingerprint density at radius 1 is 1.20 bits per heavy atom. The molecule has 2 heterocycles. The van der Waals surface area contributed by atoms with Crippen LogP contribution in [0.5, 0.6) is 5.75 Å². The first-order valence-electron chi connectivity index (χ1n) is 8.12. The first-order valence-corrected chi connectivity index (χ1v) is 9.73. The second-order valence-electron chi connectivity index (χ2n) is 5.95. The third-order valence-electron chi connectivity index (χ3n) is 4.23. The minimum atomic E-state index is -3.45. The number of hydrogen-bond acceptors (Lipinski definition) is 6. The largest absolute Gasteiger partial charge is 0.494 e. The molecule has 1 aromatic carbocycles. The van der Waals surface area contributed by atoms with Crippen LogP contribution in [0.4, 0.5) is 4.79 Å². The molecular weight excluding hydrogens is 348 g/mol. The van der Waals surface area contributed by atoms with Gasteiger partial charge in [-0.25, -0.2) is 18.1 Å². The Morgan fingerprint density at radius 2 is 1.96 bits per heavy atom. The highest BCUT2D eigenvalue weighted by Gasteiger charge is 2.42. The molecule has 2 amide bonds. The summed E-state index contributed by atoms with van der Waals surface area (Å²) >= 11 is 0. The number of rotatable bonds is 7. The van der Waals surface area contributed by atoms with Crippen LogP contribution in [0.3, 0.4) is 0 Å². The molecule has 0 saturated carbocycles. The Hall–Kier alpha value is -2.13. The van der Waals surface area contributed by atoms with Crippen molar-refractivity contribution in [2.75, 3.05) is 32.1 Å². The van der Waals surface area contributed by atoms with E-state index in [2.05, 4.69) is 4.74 Å². The van der Waals surface area contributed by atoms with Crippen LogP contribution in [0.15, 0.2) is 30.3 Å². The molecule has 0 N–H and O–H groups in total. The maximum absolute atomic E-state index is 12.4. The predicted molar refractivity (Wildman–Crippen MR) is 88.5 cm³/mol. The number of carbonyl (C=O) groups is 2. The molecule has 3 rings (SSSR count). The fourth-order valence-electron chi connectivity index (χ4n) is 2.97. The molecule has 0 aromatic heterocycles. The normalized spacial score (nSPS) is 21.6. The number of benzene rings is 1. The summed E-state index contributed by atoms with van der Waals surface area (Å²) in [6, 6.07) is 8.75. The summed E-state index contributed by atoms with van der Waals surface area (Å²) in [6.07, 6.45) is 0.106. The van der Waals surface area contributed by atoms with E-state index in [1.807, 2.05) is 30.3 Å². The topological polar surface area (TPSA) is 93.2 Å². The third kappa shape index (κ3) is 4.10. The van der Waals surface area contributed by atoms with Gasteiger partial charge in [-0.15, -0.1) is 0 Å². The molecule has 1 aromatic rings. The number of carbonyl (C=O) groups excluding carboxylic acids is 2. The first-order chi connectivity index (χ1) is 12.0. The summed E-state index contributed by atoms with van der Waals surface area (Å²) in [5, 5.41) is 0. The zero-order valence-electron chi connectivity index (χ0n) is 13.7. The van der Waals surface area contributed by atoms with E-state index >= 15 is 0 Å². The van der Waals surface area contributed by atoms with Crippen molar-refractivity contribution < 1.29 is 27.5 Å². The zero-order chi connectivity index (χ0) is 17.9. The molecule has 0 radical (unpaired) electrons. The van der Waals surface area contributed by atoms with Crippen LogP contribution >= 0.6 is 0 Å². The summed E-state index contributed by atoms with van der Waals surface area (Å²) in [5.74, 6) is 0.253. The van der Waals surface area contributed by atoms with Gasteiger partial charge in [0.1, 0.15) is 5.75 Å². The number of sulfonamides is 1. The zero-order valence-corrected chi connectivity index (χ0v) is 14.5. The van der Waals surface area contributed by atoms with Crippen molar-refractivity contribution >= 4 is 22.0 Å². The Labute approximate surface area is 146 Å². The van der Waals surface area contributed by atoms with Gasteiger partial charge >= 0.3 is 6.09 Å². The highest BCUT2D eigenvalue weighted by Crippen LogP contribution is 2.22. The van der Waals surface area contributed by atoms with Crippen LogP contribution in [0.1, 0.15) is 12.8 Å². The predicted octanol–water partition coefficient (Wildman–Crippen LogP) is 0.838. The van der Waals surface area contributed by atoms with E-state index in [0.29, 0.717) is 31.7 Å². The van der Waals surface area contributed by atoms with E-state index in [1.165, 1.54) is 4.31 Å². The summed E-state index contributed by atoms with van der Waals surface area (Å²) < 4.78 is 36.4. The Kier molecular flexibility index (Phi) is 5.24. The molecule has 2 aliphatic heterocycles. The van der Waals surface area contributed by atoms with Crippen molar-refractivity contribution in [2.45, 2.75) is 18.9 Å². The van der Waals surface area contributed by atoms with Gasteiger partial charge in [0.15, 0.2) is 6.61 Å². The van der Waals surface area contributed by atoms with Gasteiger partial charge in [0.2, 0.25) is 10.0 Å². The minimum Gasteiger partial charge on any atom is -0.494 e. The van der Waals surface area contributed by atoms with Crippen LogP contribution in [0.25, 0.3) is 0 Å². The molecule has 25 heavy (non-hydrogen) atoms. The lowest BCUT2D eigenvalue weighted by atomic mass is 10.2. The van der Waals surface area contributed by atoms with E-state index in [1.54, 1.807) is 0 Å². The molecule has 0 aliphatic carbocycles. The van der Waals surface area contributed by atoms with Gasteiger partial charge in [-0.05, 0) is 25.0 Å². The number of amides is 2. The molecule has 2 aliphatic rings. The van der Waals surface area contributed by atoms with Gasteiger partial charge in [-0.3, -0.25) is 4.79 Å². The van der Waals surface area contributed by atoms with E-state index in [0.717, 1.165) is 4.90 Å². The van der Waals surface area contributed by atoms with E-state index in [-0.39, 0.29) is 18.9 Å². The average Bonchev–Trinajstić information content (AvgIpc) is 3.20. The number of cyclic esters (lactones) is 1. The lowest BCUT2D eigenvalue weighted by molar-refractivity contribution is -0.127. The molecule has 1 atom stereocenters. The van der Waals surface area contributed by atoms with Crippen molar-refractivity contribution in [3.63, 3.8) is 0 Å². The van der Waals surface area contributed by atoms with E-state index in [4.69, 9.17) is 4.74 Å². The quantitative estimate of drug-likeness (QED) is 0.662. The average molecular weight is 368 g/mol. The molecule has 8 nitrogen and oxygen atoms in total. The summed E-state index contributed by atoms with van der Waals surface area (Å²) in [7, 11) is -3.45. The third-order valence-corrected chi connectivity index (χ3v) is 6.15. The second-order valence-corrected chi connectivity index (χ2v) is 8.04. The molecule has 0 bridgehead atoms. The van der Waals surface area contributed by atoms with Crippen LogP contribution in [0, 0.1) is 0 Å². The van der Waals surface area contributed by atoms with Gasteiger partial charge in [-0.2, -0.15) is 4.31 Å². The van der Waals surface area contributed by atoms with E-state index in [9.17, 15) is 18.0 Å². The Morgan fingerprint density at radius 3 is 2.64 bits per heavy atom. The highest BCUT2D eigenvalue weighted by molar-refractivity contribution is 7.89.